The van der Waals surface area contributed by atoms with E-state index in [0.717, 1.165) is 26.8 Å². The SMILES string of the molecule is CC.CCSC(=O)C1=CCN(S(=O)c2ccc(C)cc2)C1.Clc1ccccc1. The first-order valence-corrected chi connectivity index (χ1v) is 11.8. The minimum Gasteiger partial charge on any atom is -0.282 e. The molecule has 1 unspecified atom stereocenters. The number of thioether (sulfide) groups is 1. The smallest absolute Gasteiger partial charge is 0.216 e. The van der Waals surface area contributed by atoms with Crippen molar-refractivity contribution < 1.29 is 9.00 Å². The fraction of sp³-hybridized carbons (Fsp3) is 0.318. The molecule has 28 heavy (non-hydrogen) atoms. The van der Waals surface area contributed by atoms with Gasteiger partial charge in [-0.2, -0.15) is 0 Å². The molecular formula is C22H28ClNO2S2. The number of carbonyl (C=O) groups excluding carboxylic acids is 1. The number of benzene rings is 2. The van der Waals surface area contributed by atoms with Crippen molar-refractivity contribution in [2.75, 3.05) is 18.8 Å². The topological polar surface area (TPSA) is 37.4 Å². The minimum absolute atomic E-state index is 0.103. The fourth-order valence-corrected chi connectivity index (χ4v) is 4.12. The van der Waals surface area contributed by atoms with Gasteiger partial charge in [0.1, 0.15) is 11.0 Å². The van der Waals surface area contributed by atoms with Crippen LogP contribution in [-0.2, 0) is 15.8 Å². The molecule has 0 fully saturated rings. The van der Waals surface area contributed by atoms with E-state index in [2.05, 4.69) is 0 Å². The molecule has 3 nitrogen and oxygen atoms in total. The highest BCUT2D eigenvalue weighted by atomic mass is 35.5. The van der Waals surface area contributed by atoms with E-state index in [4.69, 9.17) is 11.6 Å². The Morgan fingerprint density at radius 1 is 1.11 bits per heavy atom. The first kappa shape index (κ1) is 24.6. The Morgan fingerprint density at radius 3 is 2.21 bits per heavy atom. The molecule has 2 aromatic carbocycles. The second-order valence-electron chi connectivity index (χ2n) is 5.63. The molecule has 0 aliphatic carbocycles. The Labute approximate surface area is 180 Å². The predicted octanol–water partition coefficient (Wildman–Crippen LogP) is 5.91. The van der Waals surface area contributed by atoms with Gasteiger partial charge in [-0.3, -0.25) is 4.79 Å². The second kappa shape index (κ2) is 13.7. The lowest BCUT2D eigenvalue weighted by molar-refractivity contribution is -0.107. The third kappa shape index (κ3) is 8.31. The van der Waals surface area contributed by atoms with Gasteiger partial charge >= 0.3 is 0 Å². The maximum Gasteiger partial charge on any atom is 0.216 e. The van der Waals surface area contributed by atoms with E-state index in [9.17, 15) is 9.00 Å². The van der Waals surface area contributed by atoms with Crippen molar-refractivity contribution in [2.45, 2.75) is 32.6 Å². The summed E-state index contributed by atoms with van der Waals surface area (Å²) in [5, 5.41) is 0.897. The molecule has 0 spiro atoms. The molecule has 6 heteroatoms. The Bertz CT molecular complexity index is 777. The Kier molecular flexibility index (Phi) is 12.1. The highest BCUT2D eigenvalue weighted by Crippen LogP contribution is 2.21. The molecule has 1 aliphatic heterocycles. The standard InChI is InChI=1S/C14H17NO2S2.C6H5Cl.C2H6/c1-3-18-14(16)12-8-9-15(10-12)19(17)13-6-4-11(2)5-7-13;7-6-4-2-1-3-5-6;1-2/h4-8H,3,9-10H2,1-2H3;1-5H;1-2H3. The van der Waals surface area contributed by atoms with Gasteiger partial charge in [0.15, 0.2) is 0 Å². The largest absolute Gasteiger partial charge is 0.282 e. The number of aryl methyl sites for hydroxylation is 1. The van der Waals surface area contributed by atoms with E-state index < -0.39 is 11.0 Å². The number of hydrogen-bond acceptors (Lipinski definition) is 3. The Morgan fingerprint density at radius 2 is 1.71 bits per heavy atom. The van der Waals surface area contributed by atoms with Gasteiger partial charge in [-0.25, -0.2) is 8.51 Å². The van der Waals surface area contributed by atoms with Crippen LogP contribution < -0.4 is 0 Å². The molecule has 2 aromatic rings. The molecule has 1 heterocycles. The third-order valence-electron chi connectivity index (χ3n) is 3.62. The van der Waals surface area contributed by atoms with Gasteiger partial charge in [0.05, 0.1) is 4.90 Å². The van der Waals surface area contributed by atoms with Crippen LogP contribution in [0.25, 0.3) is 0 Å². The molecule has 1 aliphatic rings. The number of hydrogen-bond donors (Lipinski definition) is 0. The molecule has 0 aromatic heterocycles. The van der Waals surface area contributed by atoms with E-state index in [-0.39, 0.29) is 5.12 Å². The van der Waals surface area contributed by atoms with Crippen LogP contribution in [0.2, 0.25) is 5.02 Å². The lowest BCUT2D eigenvalue weighted by Gasteiger charge is -2.14. The zero-order valence-corrected chi connectivity index (χ0v) is 19.2. The average Bonchev–Trinajstić information content (AvgIpc) is 3.21. The van der Waals surface area contributed by atoms with E-state index >= 15 is 0 Å². The summed E-state index contributed by atoms with van der Waals surface area (Å²) >= 11 is 6.85. The zero-order valence-electron chi connectivity index (χ0n) is 16.9. The first-order chi connectivity index (χ1) is 13.5. The maximum absolute atomic E-state index is 12.4. The van der Waals surface area contributed by atoms with Gasteiger partial charge < -0.3 is 0 Å². The fourth-order valence-electron chi connectivity index (χ4n) is 2.25. The monoisotopic (exact) mass is 437 g/mol. The Balaban J connectivity index is 0.000000363. The van der Waals surface area contributed by atoms with Gasteiger partial charge in [-0.15, -0.1) is 0 Å². The van der Waals surface area contributed by atoms with E-state index in [1.165, 1.54) is 11.8 Å². The van der Waals surface area contributed by atoms with Gasteiger partial charge in [-0.1, -0.05) is 86.1 Å². The third-order valence-corrected chi connectivity index (χ3v) is 6.10. The number of carbonyl (C=O) groups is 1. The van der Waals surface area contributed by atoms with Crippen molar-refractivity contribution in [2.24, 2.45) is 0 Å². The summed E-state index contributed by atoms with van der Waals surface area (Å²) in [4.78, 5) is 12.6. The van der Waals surface area contributed by atoms with Crippen LogP contribution >= 0.6 is 23.4 Å². The lowest BCUT2D eigenvalue weighted by atomic mass is 10.2. The molecule has 0 saturated heterocycles. The molecule has 0 N–H and O–H groups in total. The summed E-state index contributed by atoms with van der Waals surface area (Å²) in [5.74, 6) is 0.775. The molecule has 3 rings (SSSR count). The van der Waals surface area contributed by atoms with Crippen molar-refractivity contribution in [3.63, 3.8) is 0 Å². The quantitative estimate of drug-likeness (QED) is 0.597. The maximum atomic E-state index is 12.4. The summed E-state index contributed by atoms with van der Waals surface area (Å²) in [5.41, 5.74) is 1.92. The molecule has 0 amide bonds. The van der Waals surface area contributed by atoms with Crippen LogP contribution in [0.4, 0.5) is 0 Å². The van der Waals surface area contributed by atoms with Gasteiger partial charge in [0.2, 0.25) is 5.12 Å². The molecule has 1 atom stereocenters. The molecule has 152 valence electrons. The minimum atomic E-state index is -1.19. The van der Waals surface area contributed by atoms with Crippen molar-refractivity contribution in [1.82, 2.24) is 4.31 Å². The highest BCUT2D eigenvalue weighted by molar-refractivity contribution is 8.14. The number of nitrogens with zero attached hydrogens (tertiary/aromatic N) is 1. The molecule has 0 bridgehead atoms. The van der Waals surface area contributed by atoms with Crippen LogP contribution in [0.3, 0.4) is 0 Å². The molecule has 0 saturated carbocycles. The van der Waals surface area contributed by atoms with Crippen molar-refractivity contribution in [3.05, 3.63) is 76.8 Å². The van der Waals surface area contributed by atoms with Crippen LogP contribution in [0.1, 0.15) is 26.3 Å². The number of rotatable bonds is 4. The summed E-state index contributed by atoms with van der Waals surface area (Å²) in [6.07, 6.45) is 1.89. The van der Waals surface area contributed by atoms with Crippen LogP contribution in [0, 0.1) is 6.92 Å². The summed E-state index contributed by atoms with van der Waals surface area (Å²) in [6.45, 7) is 9.02. The zero-order chi connectivity index (χ0) is 20.9. The summed E-state index contributed by atoms with van der Waals surface area (Å²) in [6, 6.07) is 17.1. The van der Waals surface area contributed by atoms with Gasteiger partial charge in [0.25, 0.3) is 0 Å². The van der Waals surface area contributed by atoms with Gasteiger partial charge in [0, 0.05) is 23.7 Å². The second-order valence-corrected chi connectivity index (χ2v) is 8.79. The van der Waals surface area contributed by atoms with E-state index in [0.29, 0.717) is 13.1 Å². The Hall–Kier alpha value is -1.40. The lowest BCUT2D eigenvalue weighted by Crippen LogP contribution is -2.24. The van der Waals surface area contributed by atoms with Crippen molar-refractivity contribution in [1.29, 1.82) is 0 Å². The van der Waals surface area contributed by atoms with Crippen LogP contribution in [0.5, 0.6) is 0 Å². The van der Waals surface area contributed by atoms with E-state index in [1.54, 1.807) is 0 Å². The van der Waals surface area contributed by atoms with Crippen LogP contribution in [-0.4, -0.2) is 32.5 Å². The van der Waals surface area contributed by atoms with Crippen LogP contribution in [0.15, 0.2) is 71.1 Å². The average molecular weight is 438 g/mol. The first-order valence-electron chi connectivity index (χ1n) is 9.31. The van der Waals surface area contributed by atoms with Crippen molar-refractivity contribution in [3.8, 4) is 0 Å². The normalized spacial score (nSPS) is 14.1. The molecular weight excluding hydrogens is 410 g/mol. The van der Waals surface area contributed by atoms with E-state index in [1.807, 2.05) is 92.7 Å². The number of halogens is 1. The summed E-state index contributed by atoms with van der Waals surface area (Å²) in [7, 11) is -1.19. The van der Waals surface area contributed by atoms with Gasteiger partial charge in [-0.05, 0) is 36.9 Å². The highest BCUT2D eigenvalue weighted by Gasteiger charge is 2.24. The summed E-state index contributed by atoms with van der Waals surface area (Å²) < 4.78 is 14.2. The molecule has 0 radical (unpaired) electrons. The predicted molar refractivity (Wildman–Crippen MR) is 123 cm³/mol. The van der Waals surface area contributed by atoms with Crippen molar-refractivity contribution >= 4 is 39.5 Å².